The molecule has 0 saturated heterocycles. The first-order valence-electron chi connectivity index (χ1n) is 9.50. The number of fused-ring (bicyclic) bond motifs is 2. The summed E-state index contributed by atoms with van der Waals surface area (Å²) in [4.78, 5) is 16.7. The molecule has 3 aliphatic rings. The molecule has 7 N–H and O–H groups in total. The lowest BCUT2D eigenvalue weighted by atomic mass is 9.99. The standard InChI is InChI=1S/C19H26N6O2/c20-8-16(18-22-9-13(21)10-27-18)24-25-19(26)23-17-14-5-1-3-11(14)7-12-4-2-6-15(12)17/h7-8,13,24H,1-6,9-10,20-21H2,(H2,23,25,26). The van der Waals surface area contributed by atoms with Crippen molar-refractivity contribution in [1.82, 2.24) is 10.9 Å². The molecule has 0 radical (unpaired) electrons. The molecule has 1 unspecified atom stereocenters. The van der Waals surface area contributed by atoms with Crippen molar-refractivity contribution >= 4 is 17.6 Å². The van der Waals surface area contributed by atoms with Crippen molar-refractivity contribution < 1.29 is 9.53 Å². The molecule has 1 aliphatic heterocycles. The maximum Gasteiger partial charge on any atom is 0.337 e. The van der Waals surface area contributed by atoms with Crippen LogP contribution in [0.5, 0.6) is 0 Å². The second-order valence-corrected chi connectivity index (χ2v) is 7.24. The van der Waals surface area contributed by atoms with Gasteiger partial charge in [0.1, 0.15) is 12.3 Å². The minimum atomic E-state index is -0.336. The number of anilines is 1. The number of hydrogen-bond donors (Lipinski definition) is 5. The van der Waals surface area contributed by atoms with Gasteiger partial charge in [0, 0.05) is 11.9 Å². The summed E-state index contributed by atoms with van der Waals surface area (Å²) in [6.45, 7) is 0.829. The fourth-order valence-corrected chi connectivity index (χ4v) is 4.05. The van der Waals surface area contributed by atoms with E-state index < -0.39 is 0 Å². The number of rotatable bonds is 4. The van der Waals surface area contributed by atoms with E-state index in [9.17, 15) is 4.79 Å². The van der Waals surface area contributed by atoms with Crippen LogP contribution in [0.4, 0.5) is 10.5 Å². The molecule has 1 atom stereocenters. The number of aliphatic imine (C=N–C) groups is 1. The predicted molar refractivity (Wildman–Crippen MR) is 104 cm³/mol. The minimum Gasteiger partial charge on any atom is -0.475 e. The van der Waals surface area contributed by atoms with Gasteiger partial charge in [-0.2, -0.15) is 0 Å². The number of hydrazine groups is 1. The van der Waals surface area contributed by atoms with Crippen molar-refractivity contribution in [2.45, 2.75) is 44.6 Å². The highest BCUT2D eigenvalue weighted by molar-refractivity contribution is 5.95. The summed E-state index contributed by atoms with van der Waals surface area (Å²) in [5.41, 5.74) is 23.5. The molecule has 27 heavy (non-hydrogen) atoms. The van der Waals surface area contributed by atoms with Crippen molar-refractivity contribution in [3.63, 3.8) is 0 Å². The maximum atomic E-state index is 12.5. The van der Waals surface area contributed by atoms with Gasteiger partial charge in [-0.05, 0) is 60.8 Å². The van der Waals surface area contributed by atoms with Gasteiger partial charge in [-0.25, -0.2) is 9.79 Å². The Morgan fingerprint density at radius 2 is 1.85 bits per heavy atom. The number of nitrogens with zero attached hydrogens (tertiary/aromatic N) is 1. The van der Waals surface area contributed by atoms with Crippen LogP contribution in [0.15, 0.2) is 23.0 Å². The number of ether oxygens (including phenoxy) is 1. The number of benzene rings is 1. The average molecular weight is 370 g/mol. The number of carbonyl (C=O) groups excluding carboxylic acids is 1. The number of nitrogens with one attached hydrogen (secondary N) is 3. The van der Waals surface area contributed by atoms with Crippen molar-refractivity contribution in [2.75, 3.05) is 18.5 Å². The van der Waals surface area contributed by atoms with E-state index in [0.717, 1.165) is 44.2 Å². The topological polar surface area (TPSA) is 127 Å². The average Bonchev–Trinajstić information content (AvgIpc) is 3.32. The predicted octanol–water partition coefficient (Wildman–Crippen LogP) is 0.846. The maximum absolute atomic E-state index is 12.5. The van der Waals surface area contributed by atoms with Crippen LogP contribution < -0.4 is 27.6 Å². The Hall–Kier alpha value is -2.74. The molecule has 1 aromatic carbocycles. The highest BCUT2D eigenvalue weighted by Crippen LogP contribution is 2.38. The third kappa shape index (κ3) is 3.57. The van der Waals surface area contributed by atoms with Crippen LogP contribution >= 0.6 is 0 Å². The number of nitrogens with two attached hydrogens (primary N) is 2. The van der Waals surface area contributed by atoms with Gasteiger partial charge in [0.2, 0.25) is 5.90 Å². The molecule has 0 aromatic heterocycles. The number of urea groups is 1. The van der Waals surface area contributed by atoms with Crippen LogP contribution in [-0.2, 0) is 30.4 Å². The summed E-state index contributed by atoms with van der Waals surface area (Å²) in [5, 5.41) is 3.05. The van der Waals surface area contributed by atoms with Crippen molar-refractivity contribution in [1.29, 1.82) is 0 Å². The van der Waals surface area contributed by atoms with Gasteiger partial charge in [0.05, 0.1) is 12.6 Å². The van der Waals surface area contributed by atoms with Crippen LogP contribution in [0.1, 0.15) is 35.1 Å². The van der Waals surface area contributed by atoms with Gasteiger partial charge < -0.3 is 21.5 Å². The lowest BCUT2D eigenvalue weighted by Crippen LogP contribution is -2.44. The molecule has 0 fully saturated rings. The van der Waals surface area contributed by atoms with E-state index in [-0.39, 0.29) is 12.1 Å². The molecule has 2 aliphatic carbocycles. The van der Waals surface area contributed by atoms with Crippen LogP contribution in [0.2, 0.25) is 0 Å². The first-order valence-corrected chi connectivity index (χ1v) is 9.50. The Kier molecular flexibility index (Phi) is 4.89. The molecule has 4 rings (SSSR count). The van der Waals surface area contributed by atoms with Crippen LogP contribution in [-0.4, -0.2) is 31.1 Å². The molecule has 144 valence electrons. The molecule has 1 heterocycles. The van der Waals surface area contributed by atoms with E-state index in [1.807, 2.05) is 0 Å². The quantitative estimate of drug-likeness (QED) is 0.502. The van der Waals surface area contributed by atoms with E-state index in [0.29, 0.717) is 24.7 Å². The third-order valence-electron chi connectivity index (χ3n) is 5.32. The molecule has 8 heteroatoms. The van der Waals surface area contributed by atoms with Gasteiger partial charge in [-0.3, -0.25) is 10.9 Å². The highest BCUT2D eigenvalue weighted by atomic mass is 16.5. The molecule has 0 bridgehead atoms. The fraction of sp³-hybridized carbons (Fsp3) is 0.474. The van der Waals surface area contributed by atoms with Gasteiger partial charge in [-0.15, -0.1) is 0 Å². The second kappa shape index (κ2) is 7.48. The van der Waals surface area contributed by atoms with Gasteiger partial charge in [-0.1, -0.05) is 6.07 Å². The van der Waals surface area contributed by atoms with Crippen molar-refractivity contribution in [3.8, 4) is 0 Å². The Morgan fingerprint density at radius 1 is 1.15 bits per heavy atom. The molecule has 8 nitrogen and oxygen atoms in total. The zero-order valence-corrected chi connectivity index (χ0v) is 15.3. The summed E-state index contributed by atoms with van der Waals surface area (Å²) >= 11 is 0. The monoisotopic (exact) mass is 370 g/mol. The number of amides is 2. The number of hydrogen-bond acceptors (Lipinski definition) is 6. The van der Waals surface area contributed by atoms with Gasteiger partial charge in [0.25, 0.3) is 0 Å². The molecule has 0 saturated carbocycles. The smallest absolute Gasteiger partial charge is 0.337 e. The van der Waals surface area contributed by atoms with Crippen molar-refractivity contribution in [2.24, 2.45) is 16.5 Å². The first-order chi connectivity index (χ1) is 13.2. The lowest BCUT2D eigenvalue weighted by Gasteiger charge is -2.21. The van der Waals surface area contributed by atoms with Gasteiger partial charge in [0.15, 0.2) is 0 Å². The fourth-order valence-electron chi connectivity index (χ4n) is 4.05. The largest absolute Gasteiger partial charge is 0.475 e. The third-order valence-corrected chi connectivity index (χ3v) is 5.32. The SMILES string of the molecule is NC=C(NNC(=O)Nc1c2c(cc3c1CCC3)CCC2)C1=NCC(N)CO1. The minimum absolute atomic E-state index is 0.119. The summed E-state index contributed by atoms with van der Waals surface area (Å²) < 4.78 is 5.46. The van der Waals surface area contributed by atoms with E-state index in [4.69, 9.17) is 16.2 Å². The summed E-state index contributed by atoms with van der Waals surface area (Å²) in [7, 11) is 0. The summed E-state index contributed by atoms with van der Waals surface area (Å²) in [6, 6.07) is 1.88. The Morgan fingerprint density at radius 3 is 2.44 bits per heavy atom. The van der Waals surface area contributed by atoms with Crippen LogP contribution in [0.3, 0.4) is 0 Å². The molecular formula is C19H26N6O2. The van der Waals surface area contributed by atoms with E-state index >= 15 is 0 Å². The lowest BCUT2D eigenvalue weighted by molar-refractivity contribution is 0.247. The number of aryl methyl sites for hydroxylation is 2. The Bertz CT molecular complexity index is 785. The van der Waals surface area contributed by atoms with E-state index in [2.05, 4.69) is 27.2 Å². The molecule has 2 amide bonds. The number of carbonyl (C=O) groups is 1. The highest BCUT2D eigenvalue weighted by Gasteiger charge is 2.25. The molecule has 1 aromatic rings. The van der Waals surface area contributed by atoms with Crippen LogP contribution in [0.25, 0.3) is 0 Å². The first kappa shape index (κ1) is 17.7. The zero-order valence-electron chi connectivity index (χ0n) is 15.3. The normalized spacial score (nSPS) is 21.0. The molecular weight excluding hydrogens is 344 g/mol. The van der Waals surface area contributed by atoms with Gasteiger partial charge >= 0.3 is 6.03 Å². The van der Waals surface area contributed by atoms with Crippen LogP contribution in [0, 0.1) is 0 Å². The second-order valence-electron chi connectivity index (χ2n) is 7.24. The van der Waals surface area contributed by atoms with E-state index in [1.54, 1.807) is 0 Å². The summed E-state index contributed by atoms with van der Waals surface area (Å²) in [5.74, 6) is 0.348. The molecule has 0 spiro atoms. The van der Waals surface area contributed by atoms with E-state index in [1.165, 1.54) is 28.5 Å². The Balaban J connectivity index is 1.43. The summed E-state index contributed by atoms with van der Waals surface area (Å²) in [6.07, 6.45) is 7.83. The zero-order chi connectivity index (χ0) is 18.8. The Labute approximate surface area is 158 Å². The van der Waals surface area contributed by atoms with Crippen molar-refractivity contribution in [3.05, 3.63) is 40.2 Å².